The van der Waals surface area contributed by atoms with Crippen molar-refractivity contribution in [2.45, 2.75) is 45.3 Å². The molecule has 2 heteroatoms. The normalized spacial score (nSPS) is 16.4. The number of nitrogens with zero attached hydrogens (tertiary/aromatic N) is 1. The minimum absolute atomic E-state index is 0.171. The summed E-state index contributed by atoms with van der Waals surface area (Å²) in [4.78, 5) is 0. The lowest BCUT2D eigenvalue weighted by molar-refractivity contribution is 0.186. The second kappa shape index (κ2) is 6.62. The highest BCUT2D eigenvalue weighted by atomic mass is 16.3. The number of aliphatic hydroxyl groups excluding tert-OH is 1. The van der Waals surface area contributed by atoms with Gasteiger partial charge in [0.15, 0.2) is 0 Å². The zero-order valence-corrected chi connectivity index (χ0v) is 7.58. The summed E-state index contributed by atoms with van der Waals surface area (Å²) in [6.07, 6.45) is 3.09. The molecule has 2 nitrogen and oxygen atoms in total. The summed E-state index contributed by atoms with van der Waals surface area (Å²) in [6, 6.07) is 0.171. The summed E-state index contributed by atoms with van der Waals surface area (Å²) in [5.74, 6) is 0. The molecule has 2 unspecified atom stereocenters. The van der Waals surface area contributed by atoms with Crippen molar-refractivity contribution in [3.8, 4) is 0 Å². The lowest BCUT2D eigenvalue weighted by Gasteiger charge is -2.11. The Balaban J connectivity index is 3.15. The van der Waals surface area contributed by atoms with E-state index in [1.54, 1.807) is 6.92 Å². The Labute approximate surface area is 70.0 Å². The molecule has 0 amide bonds. The highest BCUT2D eigenvalue weighted by molar-refractivity contribution is 4.68. The van der Waals surface area contributed by atoms with Gasteiger partial charge in [-0.1, -0.05) is 19.8 Å². The zero-order chi connectivity index (χ0) is 8.69. The van der Waals surface area contributed by atoms with Gasteiger partial charge in [-0.2, -0.15) is 0 Å². The molecule has 66 valence electrons. The average Bonchev–Trinajstić information content (AvgIpc) is 1.97. The molecule has 0 aromatic carbocycles. The third-order valence-electron chi connectivity index (χ3n) is 1.52. The molecule has 0 aromatic rings. The quantitative estimate of drug-likeness (QED) is 0.620. The number of hydrogen-bond acceptors (Lipinski definition) is 1. The third kappa shape index (κ3) is 7.82. The smallest absolute Gasteiger partial charge is 0.0653 e. The van der Waals surface area contributed by atoms with Crippen LogP contribution in [-0.4, -0.2) is 23.8 Å². The summed E-state index contributed by atoms with van der Waals surface area (Å²) in [7, 11) is 0. The van der Waals surface area contributed by atoms with E-state index in [0.717, 1.165) is 6.42 Å². The van der Waals surface area contributed by atoms with Crippen LogP contribution in [0.1, 0.15) is 33.1 Å². The van der Waals surface area contributed by atoms with Gasteiger partial charge in [0.25, 0.3) is 0 Å². The predicted octanol–water partition coefficient (Wildman–Crippen LogP) is 1.36. The Kier molecular flexibility index (Phi) is 6.57. The van der Waals surface area contributed by atoms with Crippen molar-refractivity contribution in [1.29, 1.82) is 0 Å². The minimum atomic E-state index is -0.319. The average molecular weight is 157 g/mol. The molecule has 0 aliphatic rings. The van der Waals surface area contributed by atoms with E-state index in [9.17, 15) is 0 Å². The largest absolute Gasteiger partial charge is 0.392 e. The molecular formula is C9H19NO. The van der Waals surface area contributed by atoms with E-state index in [0.29, 0.717) is 6.54 Å². The van der Waals surface area contributed by atoms with Gasteiger partial charge < -0.3 is 5.11 Å². The zero-order valence-electron chi connectivity index (χ0n) is 7.58. The van der Waals surface area contributed by atoms with Crippen molar-refractivity contribution >= 4 is 0 Å². The van der Waals surface area contributed by atoms with Gasteiger partial charge in [-0.25, -0.2) is 5.32 Å². The lowest BCUT2D eigenvalue weighted by atomic mass is 10.1. The van der Waals surface area contributed by atoms with E-state index in [1.807, 2.05) is 0 Å². The van der Waals surface area contributed by atoms with Gasteiger partial charge in [-0.05, 0) is 20.3 Å². The predicted molar refractivity (Wildman–Crippen MR) is 47.4 cm³/mol. The van der Waals surface area contributed by atoms with E-state index in [-0.39, 0.29) is 12.1 Å². The minimum Gasteiger partial charge on any atom is -0.392 e. The molecule has 0 bridgehead atoms. The van der Waals surface area contributed by atoms with Gasteiger partial charge in [0, 0.05) is 12.6 Å². The van der Waals surface area contributed by atoms with Crippen molar-refractivity contribution in [2.24, 2.45) is 0 Å². The fraction of sp³-hybridized carbons (Fsp3) is 0.889. The van der Waals surface area contributed by atoms with Crippen molar-refractivity contribution in [3.05, 3.63) is 6.92 Å². The number of hydrogen-bond donors (Lipinski definition) is 1. The van der Waals surface area contributed by atoms with E-state index in [2.05, 4.69) is 19.2 Å². The Morgan fingerprint density at radius 1 is 1.55 bits per heavy atom. The number of rotatable bonds is 6. The van der Waals surface area contributed by atoms with Crippen molar-refractivity contribution in [2.75, 3.05) is 6.54 Å². The van der Waals surface area contributed by atoms with Crippen molar-refractivity contribution in [1.82, 2.24) is 5.32 Å². The first-order valence-electron chi connectivity index (χ1n) is 4.34. The maximum atomic E-state index is 8.91. The molecule has 0 saturated heterocycles. The molecule has 2 radical (unpaired) electrons. The molecule has 2 atom stereocenters. The Bertz CT molecular complexity index is 83.6. The van der Waals surface area contributed by atoms with E-state index in [4.69, 9.17) is 5.11 Å². The third-order valence-corrected chi connectivity index (χ3v) is 1.52. The van der Waals surface area contributed by atoms with E-state index >= 15 is 0 Å². The van der Waals surface area contributed by atoms with E-state index < -0.39 is 0 Å². The van der Waals surface area contributed by atoms with Gasteiger partial charge in [-0.15, -0.1) is 0 Å². The van der Waals surface area contributed by atoms with Crippen LogP contribution in [0, 0.1) is 6.92 Å². The van der Waals surface area contributed by atoms with Gasteiger partial charge >= 0.3 is 0 Å². The number of unbranched alkanes of at least 4 members (excludes halogenated alkanes) is 1. The summed E-state index contributed by atoms with van der Waals surface area (Å²) in [5.41, 5.74) is 0. The molecule has 0 aliphatic carbocycles. The first-order valence-corrected chi connectivity index (χ1v) is 4.34. The van der Waals surface area contributed by atoms with E-state index in [1.165, 1.54) is 12.8 Å². The number of aliphatic hydroxyl groups is 1. The van der Waals surface area contributed by atoms with Crippen LogP contribution in [0.4, 0.5) is 0 Å². The Morgan fingerprint density at radius 3 is 2.64 bits per heavy atom. The van der Waals surface area contributed by atoms with Crippen LogP contribution >= 0.6 is 0 Å². The first kappa shape index (κ1) is 10.9. The molecule has 0 heterocycles. The second-order valence-electron chi connectivity index (χ2n) is 3.01. The Morgan fingerprint density at radius 2 is 2.18 bits per heavy atom. The Hall–Kier alpha value is -0.0800. The highest BCUT2D eigenvalue weighted by Crippen LogP contribution is 1.99. The maximum absolute atomic E-state index is 8.91. The maximum Gasteiger partial charge on any atom is 0.0653 e. The van der Waals surface area contributed by atoms with Gasteiger partial charge in [0.05, 0.1) is 6.10 Å². The topological polar surface area (TPSA) is 34.3 Å². The highest BCUT2D eigenvalue weighted by Gasteiger charge is 2.03. The second-order valence-corrected chi connectivity index (χ2v) is 3.01. The molecule has 1 N–H and O–H groups in total. The van der Waals surface area contributed by atoms with Crippen LogP contribution in [-0.2, 0) is 0 Å². The summed E-state index contributed by atoms with van der Waals surface area (Å²) >= 11 is 0. The molecule has 0 fully saturated rings. The molecule has 0 saturated carbocycles. The van der Waals surface area contributed by atoms with Crippen molar-refractivity contribution in [3.63, 3.8) is 0 Å². The SMILES string of the molecule is [CH2]C(CCCC)[N]CC(C)O. The van der Waals surface area contributed by atoms with Crippen LogP contribution in [0.3, 0.4) is 0 Å². The summed E-state index contributed by atoms with van der Waals surface area (Å²) in [6.45, 7) is 8.30. The fourth-order valence-electron chi connectivity index (χ4n) is 0.833. The van der Waals surface area contributed by atoms with Crippen LogP contribution in [0.15, 0.2) is 0 Å². The molecule has 0 spiro atoms. The fourth-order valence-corrected chi connectivity index (χ4v) is 0.833. The van der Waals surface area contributed by atoms with Crippen LogP contribution in [0.5, 0.6) is 0 Å². The van der Waals surface area contributed by atoms with Gasteiger partial charge in [0.2, 0.25) is 0 Å². The summed E-state index contributed by atoms with van der Waals surface area (Å²) < 4.78 is 0. The standard InChI is InChI=1S/C9H19NO/c1-4-5-6-8(2)10-7-9(3)11/h8-9,11H,2,4-7H2,1,3H3. The van der Waals surface area contributed by atoms with Gasteiger partial charge in [0.1, 0.15) is 0 Å². The van der Waals surface area contributed by atoms with Gasteiger partial charge in [-0.3, -0.25) is 0 Å². The van der Waals surface area contributed by atoms with Crippen LogP contribution in [0.2, 0.25) is 0 Å². The molecule has 0 rings (SSSR count). The van der Waals surface area contributed by atoms with Crippen LogP contribution in [0.25, 0.3) is 0 Å². The van der Waals surface area contributed by atoms with Crippen molar-refractivity contribution < 1.29 is 5.11 Å². The summed E-state index contributed by atoms with van der Waals surface area (Å²) in [5, 5.41) is 13.1. The first-order chi connectivity index (χ1) is 5.16. The molecule has 11 heavy (non-hydrogen) atoms. The lowest BCUT2D eigenvalue weighted by Crippen LogP contribution is -2.26. The monoisotopic (exact) mass is 157 g/mol. The molecule has 0 aliphatic heterocycles. The molecule has 0 aromatic heterocycles. The van der Waals surface area contributed by atoms with Crippen LogP contribution < -0.4 is 5.32 Å². The molecular weight excluding hydrogens is 138 g/mol.